The molecule has 0 saturated carbocycles. The Bertz CT molecular complexity index is 1120. The highest BCUT2D eigenvalue weighted by Crippen LogP contribution is 2.33. The molecule has 0 bridgehead atoms. The Kier molecular flexibility index (Phi) is 5.36. The van der Waals surface area contributed by atoms with Crippen LogP contribution in [0.4, 0.5) is 5.95 Å². The monoisotopic (exact) mass is 418 g/mol. The number of hydrogen-bond acceptors (Lipinski definition) is 6. The van der Waals surface area contributed by atoms with Crippen molar-refractivity contribution in [1.82, 2.24) is 19.9 Å². The summed E-state index contributed by atoms with van der Waals surface area (Å²) in [5, 5.41) is 17.6. The maximum Gasteiger partial charge on any atom is 0.223 e. The molecule has 0 radical (unpaired) electrons. The lowest BCUT2D eigenvalue weighted by molar-refractivity contribution is 0.170. The van der Waals surface area contributed by atoms with Crippen molar-refractivity contribution in [3.05, 3.63) is 36.7 Å². The van der Waals surface area contributed by atoms with E-state index in [2.05, 4.69) is 49.4 Å². The zero-order valence-electron chi connectivity index (χ0n) is 18.9. The third-order valence-electron chi connectivity index (χ3n) is 5.79. The van der Waals surface area contributed by atoms with Crippen LogP contribution in [-0.4, -0.2) is 38.8 Å². The second-order valence-corrected chi connectivity index (χ2v) is 9.62. The Morgan fingerprint density at radius 1 is 1.23 bits per heavy atom. The van der Waals surface area contributed by atoms with Gasteiger partial charge in [0.05, 0.1) is 24.4 Å². The molecule has 1 aliphatic heterocycles. The third kappa shape index (κ3) is 4.49. The molecule has 1 aliphatic rings. The van der Waals surface area contributed by atoms with E-state index >= 15 is 0 Å². The summed E-state index contributed by atoms with van der Waals surface area (Å²) < 4.78 is 7.30. The van der Waals surface area contributed by atoms with Gasteiger partial charge in [-0.05, 0) is 58.7 Å². The zero-order chi connectivity index (χ0) is 22.2. The molecule has 1 aromatic carbocycles. The number of fused-ring (bicyclic) bond motifs is 1. The van der Waals surface area contributed by atoms with Crippen LogP contribution in [0.5, 0.6) is 5.75 Å². The molecule has 7 heteroatoms. The van der Waals surface area contributed by atoms with Crippen molar-refractivity contribution in [2.75, 3.05) is 12.4 Å². The molecule has 162 valence electrons. The van der Waals surface area contributed by atoms with E-state index < -0.39 is 0 Å². The molecule has 31 heavy (non-hydrogen) atoms. The summed E-state index contributed by atoms with van der Waals surface area (Å²) in [6.07, 6.45) is 5.76. The van der Waals surface area contributed by atoms with E-state index in [1.54, 1.807) is 13.3 Å². The predicted molar refractivity (Wildman–Crippen MR) is 123 cm³/mol. The average Bonchev–Trinajstić information content (AvgIpc) is 3.04. The minimum Gasteiger partial charge on any atom is -0.497 e. The number of benzene rings is 1. The Hall–Kier alpha value is -3.11. The van der Waals surface area contributed by atoms with Gasteiger partial charge in [-0.3, -0.25) is 0 Å². The highest BCUT2D eigenvalue weighted by Gasteiger charge is 2.37. The van der Waals surface area contributed by atoms with Crippen LogP contribution >= 0.6 is 0 Å². The van der Waals surface area contributed by atoms with Crippen molar-refractivity contribution in [2.24, 2.45) is 0 Å². The lowest BCUT2D eigenvalue weighted by atomic mass is 9.80. The van der Waals surface area contributed by atoms with Gasteiger partial charge in [-0.1, -0.05) is 0 Å². The second kappa shape index (κ2) is 7.86. The Morgan fingerprint density at radius 2 is 1.97 bits per heavy atom. The summed E-state index contributed by atoms with van der Waals surface area (Å²) in [6, 6.07) is 10.3. The first-order valence-electron chi connectivity index (χ1n) is 10.6. The third-order valence-corrected chi connectivity index (χ3v) is 5.79. The van der Waals surface area contributed by atoms with Crippen LogP contribution in [0.2, 0.25) is 0 Å². The minimum atomic E-state index is 0.0425. The van der Waals surface area contributed by atoms with Gasteiger partial charge in [0.15, 0.2) is 0 Å². The summed E-state index contributed by atoms with van der Waals surface area (Å²) in [4.78, 5) is 9.31. The molecule has 4 rings (SSSR count). The van der Waals surface area contributed by atoms with Gasteiger partial charge in [0.2, 0.25) is 5.95 Å². The molecular weight excluding hydrogens is 388 g/mol. The first kappa shape index (κ1) is 21.1. The van der Waals surface area contributed by atoms with Gasteiger partial charge >= 0.3 is 0 Å². The fourth-order valence-corrected chi connectivity index (χ4v) is 5.00. The standard InChI is InChI=1S/C24H30N6O/c1-23(2)13-16(14-24(3,4)29-23)27-22-26-10-8-20(28-22)19-15-30(11-9-25)21-12-17(31-5)6-7-18(19)21/h6-8,10,12,15-16,29H,11,13-14H2,1-5H3,(H,26,27,28). The van der Waals surface area contributed by atoms with E-state index in [0.717, 1.165) is 40.8 Å². The van der Waals surface area contributed by atoms with Gasteiger partial charge in [0, 0.05) is 46.5 Å². The van der Waals surface area contributed by atoms with Crippen molar-refractivity contribution < 1.29 is 4.74 Å². The van der Waals surface area contributed by atoms with Crippen molar-refractivity contribution in [2.45, 2.75) is 64.2 Å². The summed E-state index contributed by atoms with van der Waals surface area (Å²) in [5.41, 5.74) is 2.84. The summed E-state index contributed by atoms with van der Waals surface area (Å²) in [6.45, 7) is 9.20. The van der Waals surface area contributed by atoms with Crippen LogP contribution in [0.15, 0.2) is 36.7 Å². The molecule has 0 aliphatic carbocycles. The van der Waals surface area contributed by atoms with Crippen molar-refractivity contribution in [1.29, 1.82) is 5.26 Å². The summed E-state index contributed by atoms with van der Waals surface area (Å²) in [7, 11) is 1.64. The fraction of sp³-hybridized carbons (Fsp3) is 0.458. The average molecular weight is 419 g/mol. The molecule has 0 unspecified atom stereocenters. The number of ether oxygens (including phenoxy) is 1. The van der Waals surface area contributed by atoms with E-state index in [-0.39, 0.29) is 23.7 Å². The molecule has 0 spiro atoms. The van der Waals surface area contributed by atoms with Gasteiger partial charge in [0.25, 0.3) is 0 Å². The normalized spacial score (nSPS) is 17.9. The van der Waals surface area contributed by atoms with Crippen LogP contribution in [0.25, 0.3) is 22.2 Å². The van der Waals surface area contributed by atoms with Gasteiger partial charge < -0.3 is 19.9 Å². The lowest BCUT2D eigenvalue weighted by Crippen LogP contribution is -2.60. The highest BCUT2D eigenvalue weighted by atomic mass is 16.5. The molecular formula is C24H30N6O. The van der Waals surface area contributed by atoms with Crippen molar-refractivity contribution in [3.63, 3.8) is 0 Å². The number of nitrogens with one attached hydrogen (secondary N) is 2. The molecule has 0 amide bonds. The van der Waals surface area contributed by atoms with Gasteiger partial charge in [-0.2, -0.15) is 5.26 Å². The van der Waals surface area contributed by atoms with Gasteiger partial charge in [-0.25, -0.2) is 9.97 Å². The quantitative estimate of drug-likeness (QED) is 0.640. The first-order chi connectivity index (χ1) is 14.7. The van der Waals surface area contributed by atoms with Crippen molar-refractivity contribution >= 4 is 16.9 Å². The lowest BCUT2D eigenvalue weighted by Gasteiger charge is -2.46. The van der Waals surface area contributed by atoms with E-state index in [0.29, 0.717) is 5.95 Å². The van der Waals surface area contributed by atoms with Gasteiger partial charge in [0.1, 0.15) is 12.3 Å². The largest absolute Gasteiger partial charge is 0.497 e. The molecule has 3 heterocycles. The first-order valence-corrected chi connectivity index (χ1v) is 10.6. The van der Waals surface area contributed by atoms with Crippen LogP contribution in [0.1, 0.15) is 40.5 Å². The molecule has 1 fully saturated rings. The number of methoxy groups -OCH3 is 1. The Balaban J connectivity index is 1.67. The molecule has 0 atom stereocenters. The maximum absolute atomic E-state index is 9.25. The fourth-order valence-electron chi connectivity index (χ4n) is 5.00. The van der Waals surface area contributed by atoms with Crippen molar-refractivity contribution in [3.8, 4) is 23.1 Å². The van der Waals surface area contributed by atoms with E-state index in [4.69, 9.17) is 9.72 Å². The molecule has 1 saturated heterocycles. The second-order valence-electron chi connectivity index (χ2n) is 9.62. The smallest absolute Gasteiger partial charge is 0.223 e. The highest BCUT2D eigenvalue weighted by molar-refractivity contribution is 5.96. The summed E-state index contributed by atoms with van der Waals surface area (Å²) in [5.74, 6) is 1.39. The zero-order valence-corrected chi connectivity index (χ0v) is 18.9. The molecule has 7 nitrogen and oxygen atoms in total. The number of anilines is 1. The van der Waals surface area contributed by atoms with Crippen LogP contribution in [0, 0.1) is 11.3 Å². The van der Waals surface area contributed by atoms with Gasteiger partial charge in [-0.15, -0.1) is 0 Å². The topological polar surface area (TPSA) is 87.8 Å². The number of rotatable bonds is 5. The number of hydrogen-bond donors (Lipinski definition) is 2. The number of aromatic nitrogens is 3. The van der Waals surface area contributed by atoms with Crippen LogP contribution in [-0.2, 0) is 6.54 Å². The molecule has 3 aromatic rings. The number of piperidine rings is 1. The minimum absolute atomic E-state index is 0.0425. The summed E-state index contributed by atoms with van der Waals surface area (Å²) >= 11 is 0. The number of nitrogens with zero attached hydrogens (tertiary/aromatic N) is 4. The van der Waals surface area contributed by atoms with E-state index in [1.807, 2.05) is 35.0 Å². The molecule has 2 N–H and O–H groups in total. The van der Waals surface area contributed by atoms with Crippen LogP contribution < -0.4 is 15.4 Å². The van der Waals surface area contributed by atoms with Crippen LogP contribution in [0.3, 0.4) is 0 Å². The Morgan fingerprint density at radius 3 is 2.65 bits per heavy atom. The Labute approximate surface area is 183 Å². The SMILES string of the molecule is COc1ccc2c(-c3ccnc(NC4CC(C)(C)NC(C)(C)C4)n3)cn(CC#N)c2c1. The van der Waals surface area contributed by atoms with E-state index in [1.165, 1.54) is 0 Å². The maximum atomic E-state index is 9.25. The molecule has 2 aromatic heterocycles. The van der Waals surface area contributed by atoms with E-state index in [9.17, 15) is 5.26 Å². The predicted octanol–water partition coefficient (Wildman–Crippen LogP) is 4.35. The number of nitriles is 1.